The van der Waals surface area contributed by atoms with Gasteiger partial charge in [0.1, 0.15) is 16.5 Å². The lowest BCUT2D eigenvalue weighted by atomic mass is 10.2. The molecular weight excluding hydrogens is 338 g/mol. The van der Waals surface area contributed by atoms with Crippen molar-refractivity contribution < 1.29 is 22.7 Å². The van der Waals surface area contributed by atoms with Crippen LogP contribution in [0.3, 0.4) is 0 Å². The van der Waals surface area contributed by atoms with Gasteiger partial charge in [-0.15, -0.1) is 0 Å². The standard InChI is InChI=1S/C13H13N5O5S/c1-7-14-13(22-15-7)10-5-8(19)6-18(10)24(20,21)11-4-2-3-9-12(11)17-23-16-9/h2-4,8,10,19H,5-6H2,1H3/t8-,10+/m0/s1. The van der Waals surface area contributed by atoms with Gasteiger partial charge in [0, 0.05) is 13.0 Å². The van der Waals surface area contributed by atoms with Gasteiger partial charge in [-0.05, 0) is 29.4 Å². The second kappa shape index (κ2) is 5.33. The van der Waals surface area contributed by atoms with E-state index in [-0.39, 0.29) is 29.3 Å². The second-order valence-electron chi connectivity index (χ2n) is 5.55. The topological polar surface area (TPSA) is 135 Å². The van der Waals surface area contributed by atoms with Gasteiger partial charge in [0.15, 0.2) is 11.3 Å². The van der Waals surface area contributed by atoms with Gasteiger partial charge in [-0.25, -0.2) is 13.0 Å². The fourth-order valence-electron chi connectivity index (χ4n) is 2.84. The molecule has 1 saturated heterocycles. The Morgan fingerprint density at radius 3 is 2.88 bits per heavy atom. The zero-order valence-corrected chi connectivity index (χ0v) is 13.3. The Bertz CT molecular complexity index is 997. The van der Waals surface area contributed by atoms with Crippen molar-refractivity contribution in [1.29, 1.82) is 0 Å². The Balaban J connectivity index is 1.81. The highest BCUT2D eigenvalue weighted by Crippen LogP contribution is 2.37. The number of nitrogens with zero attached hydrogens (tertiary/aromatic N) is 5. The van der Waals surface area contributed by atoms with E-state index in [1.54, 1.807) is 19.1 Å². The number of β-amino-alcohol motifs (C(OH)–C–C–N with tert-alkyl or cyclic N) is 1. The van der Waals surface area contributed by atoms with Crippen molar-refractivity contribution in [2.45, 2.75) is 30.4 Å². The van der Waals surface area contributed by atoms with E-state index in [1.807, 2.05) is 0 Å². The maximum Gasteiger partial charge on any atom is 0.246 e. The van der Waals surface area contributed by atoms with Gasteiger partial charge in [-0.3, -0.25) is 0 Å². The maximum atomic E-state index is 13.1. The summed E-state index contributed by atoms with van der Waals surface area (Å²) in [6, 6.07) is 3.84. The predicted octanol–water partition coefficient (Wildman–Crippen LogP) is 0.411. The molecule has 11 heteroatoms. The molecule has 0 unspecified atom stereocenters. The summed E-state index contributed by atoms with van der Waals surface area (Å²) in [6.45, 7) is 1.56. The van der Waals surface area contributed by atoms with E-state index in [0.717, 1.165) is 4.31 Å². The average molecular weight is 351 g/mol. The third-order valence-electron chi connectivity index (χ3n) is 3.90. The molecule has 1 aliphatic rings. The number of aliphatic hydroxyl groups is 1. The van der Waals surface area contributed by atoms with Gasteiger partial charge in [0.25, 0.3) is 0 Å². The molecule has 0 spiro atoms. The lowest BCUT2D eigenvalue weighted by molar-refractivity contribution is 0.188. The highest BCUT2D eigenvalue weighted by molar-refractivity contribution is 7.89. The molecule has 0 aliphatic carbocycles. The lowest BCUT2D eigenvalue weighted by Gasteiger charge is -2.21. The quantitative estimate of drug-likeness (QED) is 0.711. The number of hydrogen-bond acceptors (Lipinski definition) is 9. The molecule has 10 nitrogen and oxygen atoms in total. The van der Waals surface area contributed by atoms with E-state index >= 15 is 0 Å². The molecule has 3 aromatic rings. The molecule has 1 aliphatic heterocycles. The highest BCUT2D eigenvalue weighted by atomic mass is 32.2. The normalized spacial score (nSPS) is 22.4. The summed E-state index contributed by atoms with van der Waals surface area (Å²) in [6.07, 6.45) is -0.653. The van der Waals surface area contributed by atoms with E-state index < -0.39 is 22.2 Å². The largest absolute Gasteiger partial charge is 0.392 e. The SMILES string of the molecule is Cc1noc([C@H]2C[C@H](O)CN2S(=O)(=O)c2cccc3nonc23)n1. The summed E-state index contributed by atoms with van der Waals surface area (Å²) >= 11 is 0. The van der Waals surface area contributed by atoms with Crippen LogP contribution in [0.5, 0.6) is 0 Å². The van der Waals surface area contributed by atoms with Gasteiger partial charge < -0.3 is 9.63 Å². The monoisotopic (exact) mass is 351 g/mol. The molecular formula is C13H13N5O5S. The number of sulfonamides is 1. The summed E-state index contributed by atoms with van der Waals surface area (Å²) in [5, 5.41) is 21.0. The van der Waals surface area contributed by atoms with E-state index in [0.29, 0.717) is 11.3 Å². The summed E-state index contributed by atoms with van der Waals surface area (Å²) in [5.41, 5.74) is 0.473. The van der Waals surface area contributed by atoms with Gasteiger partial charge in [-0.2, -0.15) is 9.29 Å². The molecule has 0 radical (unpaired) electrons. The van der Waals surface area contributed by atoms with Gasteiger partial charge in [0.2, 0.25) is 15.9 Å². The van der Waals surface area contributed by atoms with E-state index in [9.17, 15) is 13.5 Å². The van der Waals surface area contributed by atoms with Crippen LogP contribution in [0.15, 0.2) is 32.2 Å². The van der Waals surface area contributed by atoms with Crippen LogP contribution < -0.4 is 0 Å². The number of aromatic nitrogens is 4. The minimum Gasteiger partial charge on any atom is -0.392 e. The molecule has 2 aromatic heterocycles. The van der Waals surface area contributed by atoms with Gasteiger partial charge in [0.05, 0.1) is 6.10 Å². The van der Waals surface area contributed by atoms with Crippen LogP contribution in [-0.2, 0) is 10.0 Å². The molecule has 1 N–H and O–H groups in total. The van der Waals surface area contributed by atoms with Crippen molar-refractivity contribution >= 4 is 21.1 Å². The number of benzene rings is 1. The number of aliphatic hydroxyl groups excluding tert-OH is 1. The first-order valence-corrected chi connectivity index (χ1v) is 8.62. The van der Waals surface area contributed by atoms with E-state index in [2.05, 4.69) is 25.1 Å². The van der Waals surface area contributed by atoms with Crippen LogP contribution in [0.1, 0.15) is 24.2 Å². The fraction of sp³-hybridized carbons (Fsp3) is 0.385. The lowest BCUT2D eigenvalue weighted by Crippen LogP contribution is -2.32. The first-order chi connectivity index (χ1) is 11.5. The summed E-state index contributed by atoms with van der Waals surface area (Å²) in [5.74, 6) is 0.546. The zero-order chi connectivity index (χ0) is 16.9. The minimum absolute atomic E-state index is 0.0448. The number of rotatable bonds is 3. The first kappa shape index (κ1) is 15.2. The van der Waals surface area contributed by atoms with Crippen molar-refractivity contribution in [1.82, 2.24) is 24.8 Å². The van der Waals surface area contributed by atoms with Crippen molar-refractivity contribution in [3.8, 4) is 0 Å². The Hall–Kier alpha value is -2.37. The van der Waals surface area contributed by atoms with Crippen molar-refractivity contribution in [3.63, 3.8) is 0 Å². The van der Waals surface area contributed by atoms with Crippen LogP contribution in [0.2, 0.25) is 0 Å². The van der Waals surface area contributed by atoms with Crippen LogP contribution >= 0.6 is 0 Å². The Kier molecular flexibility index (Phi) is 3.37. The summed E-state index contributed by atoms with van der Waals surface area (Å²) < 4.78 is 37.1. The summed E-state index contributed by atoms with van der Waals surface area (Å²) in [7, 11) is -3.97. The van der Waals surface area contributed by atoms with Crippen LogP contribution in [0, 0.1) is 6.92 Å². The van der Waals surface area contributed by atoms with E-state index in [1.165, 1.54) is 6.07 Å². The zero-order valence-electron chi connectivity index (χ0n) is 12.5. The second-order valence-corrected chi connectivity index (χ2v) is 7.41. The van der Waals surface area contributed by atoms with Crippen LogP contribution in [0.4, 0.5) is 0 Å². The van der Waals surface area contributed by atoms with Crippen LogP contribution in [-0.4, -0.2) is 50.9 Å². The smallest absolute Gasteiger partial charge is 0.246 e. The average Bonchev–Trinajstić information content (AvgIpc) is 3.25. The molecule has 126 valence electrons. The van der Waals surface area contributed by atoms with Crippen LogP contribution in [0.25, 0.3) is 11.0 Å². The minimum atomic E-state index is -3.97. The molecule has 24 heavy (non-hydrogen) atoms. The molecule has 0 amide bonds. The third-order valence-corrected chi connectivity index (χ3v) is 5.80. The highest BCUT2D eigenvalue weighted by Gasteiger charge is 2.44. The Morgan fingerprint density at radius 2 is 2.12 bits per heavy atom. The summed E-state index contributed by atoms with van der Waals surface area (Å²) in [4.78, 5) is 4.05. The molecule has 4 rings (SSSR count). The van der Waals surface area contributed by atoms with Crippen molar-refractivity contribution in [2.75, 3.05) is 6.54 Å². The predicted molar refractivity (Wildman–Crippen MR) is 78.1 cm³/mol. The molecule has 0 saturated carbocycles. The third kappa shape index (κ3) is 2.28. The number of aryl methyl sites for hydroxylation is 1. The first-order valence-electron chi connectivity index (χ1n) is 7.18. The van der Waals surface area contributed by atoms with Crippen molar-refractivity contribution in [2.24, 2.45) is 0 Å². The van der Waals surface area contributed by atoms with Gasteiger partial charge in [-0.1, -0.05) is 11.2 Å². The molecule has 0 bridgehead atoms. The Morgan fingerprint density at radius 1 is 1.29 bits per heavy atom. The van der Waals surface area contributed by atoms with E-state index in [4.69, 9.17) is 4.52 Å². The number of fused-ring (bicyclic) bond motifs is 1. The van der Waals surface area contributed by atoms with Gasteiger partial charge >= 0.3 is 0 Å². The maximum absolute atomic E-state index is 13.1. The molecule has 1 fully saturated rings. The molecule has 3 heterocycles. The number of hydrogen-bond donors (Lipinski definition) is 1. The Labute approximate surface area is 136 Å². The fourth-order valence-corrected chi connectivity index (χ4v) is 4.61. The molecule has 1 aromatic carbocycles. The molecule has 2 atom stereocenters. The van der Waals surface area contributed by atoms with Crippen molar-refractivity contribution in [3.05, 3.63) is 29.9 Å².